The van der Waals surface area contributed by atoms with Gasteiger partial charge in [0, 0.05) is 57.6 Å². The Morgan fingerprint density at radius 2 is 2.36 bits per heavy atom. The molecule has 0 saturated carbocycles. The van der Waals surface area contributed by atoms with Gasteiger partial charge < -0.3 is 19.5 Å². The second kappa shape index (κ2) is 7.63. The van der Waals surface area contributed by atoms with Crippen molar-refractivity contribution >= 4 is 29.9 Å². The van der Waals surface area contributed by atoms with Crippen LogP contribution in [0.4, 0.5) is 0 Å². The summed E-state index contributed by atoms with van der Waals surface area (Å²) >= 11 is 0. The van der Waals surface area contributed by atoms with E-state index >= 15 is 0 Å². The molecule has 1 aromatic rings. The van der Waals surface area contributed by atoms with Crippen molar-refractivity contribution in [3.63, 3.8) is 0 Å². The third-order valence-electron chi connectivity index (χ3n) is 4.69. The number of nitrogens with zero attached hydrogens (tertiary/aromatic N) is 4. The van der Waals surface area contributed by atoms with Crippen LogP contribution in [0.2, 0.25) is 0 Å². The maximum atomic E-state index is 5.59. The smallest absolute Gasteiger partial charge is 0.193 e. The molecule has 1 spiro atoms. The summed E-state index contributed by atoms with van der Waals surface area (Å²) in [6.07, 6.45) is 6.26. The van der Waals surface area contributed by atoms with Crippen molar-refractivity contribution in [3.8, 4) is 0 Å². The van der Waals surface area contributed by atoms with Crippen LogP contribution in [0.3, 0.4) is 0 Å². The van der Waals surface area contributed by atoms with E-state index in [1.54, 1.807) is 0 Å². The van der Waals surface area contributed by atoms with Crippen molar-refractivity contribution in [2.24, 2.45) is 10.4 Å². The van der Waals surface area contributed by atoms with E-state index in [2.05, 4.69) is 24.8 Å². The van der Waals surface area contributed by atoms with Crippen LogP contribution in [0.15, 0.2) is 17.4 Å². The monoisotopic (exact) mass is 419 g/mol. The number of guanidine groups is 1. The zero-order valence-corrected chi connectivity index (χ0v) is 15.7. The van der Waals surface area contributed by atoms with E-state index in [0.29, 0.717) is 5.41 Å². The van der Waals surface area contributed by atoms with Crippen molar-refractivity contribution in [2.45, 2.75) is 26.3 Å². The zero-order valence-electron chi connectivity index (χ0n) is 13.4. The van der Waals surface area contributed by atoms with Crippen LogP contribution in [0.1, 0.15) is 18.7 Å². The fourth-order valence-corrected chi connectivity index (χ4v) is 3.35. The van der Waals surface area contributed by atoms with Gasteiger partial charge in [-0.1, -0.05) is 0 Å². The Balaban J connectivity index is 0.00000176. The van der Waals surface area contributed by atoms with Gasteiger partial charge in [-0.3, -0.25) is 4.99 Å². The number of imidazole rings is 1. The number of hydrogen-bond acceptors (Lipinski definition) is 3. The number of aryl methyl sites for hydroxylation is 1. The second-order valence-corrected chi connectivity index (χ2v) is 6.12. The van der Waals surface area contributed by atoms with Crippen molar-refractivity contribution in [3.05, 3.63) is 18.2 Å². The largest absolute Gasteiger partial charge is 0.381 e. The van der Waals surface area contributed by atoms with Gasteiger partial charge in [0.15, 0.2) is 5.96 Å². The van der Waals surface area contributed by atoms with Crippen LogP contribution in [0.5, 0.6) is 0 Å². The lowest BCUT2D eigenvalue weighted by Gasteiger charge is -2.25. The van der Waals surface area contributed by atoms with Crippen LogP contribution in [0.25, 0.3) is 0 Å². The summed E-state index contributed by atoms with van der Waals surface area (Å²) in [6, 6.07) is 0. The Kier molecular flexibility index (Phi) is 6.08. The molecule has 3 heterocycles. The summed E-state index contributed by atoms with van der Waals surface area (Å²) in [5, 5.41) is 3.47. The molecule has 1 aromatic heterocycles. The van der Waals surface area contributed by atoms with E-state index in [9.17, 15) is 0 Å². The Morgan fingerprint density at radius 3 is 3.00 bits per heavy atom. The number of aromatic nitrogens is 2. The maximum Gasteiger partial charge on any atom is 0.193 e. The molecule has 0 aliphatic carbocycles. The highest BCUT2D eigenvalue weighted by atomic mass is 127. The summed E-state index contributed by atoms with van der Waals surface area (Å²) < 4.78 is 7.74. The Morgan fingerprint density at radius 1 is 1.50 bits per heavy atom. The molecule has 2 aliphatic rings. The first kappa shape index (κ1) is 17.5. The SMILES string of the molecule is CN=C(NCCn1ccnc1C)N1CCC2(CCOC2)C1.I. The summed E-state index contributed by atoms with van der Waals surface area (Å²) in [6.45, 7) is 7.77. The molecule has 0 radical (unpaired) electrons. The Hall–Kier alpha value is -0.830. The molecule has 1 N–H and O–H groups in total. The van der Waals surface area contributed by atoms with Gasteiger partial charge in [0.1, 0.15) is 5.82 Å². The van der Waals surface area contributed by atoms with Crippen molar-refractivity contribution in [1.29, 1.82) is 0 Å². The molecule has 2 aliphatic heterocycles. The van der Waals surface area contributed by atoms with Crippen molar-refractivity contribution in [2.75, 3.05) is 39.9 Å². The molecular weight excluding hydrogens is 393 g/mol. The summed E-state index contributed by atoms with van der Waals surface area (Å²) in [5.74, 6) is 2.06. The fraction of sp³-hybridized carbons (Fsp3) is 0.733. The standard InChI is InChI=1S/C15H25N5O.HI/c1-13-17-5-8-19(13)9-6-18-14(16-2)20-7-3-15(11-20)4-10-21-12-15;/h5,8H,3-4,6-7,9-12H2,1-2H3,(H,16,18);1H. The molecule has 0 bridgehead atoms. The molecule has 7 heteroatoms. The second-order valence-electron chi connectivity index (χ2n) is 6.12. The molecule has 1 unspecified atom stereocenters. The minimum absolute atomic E-state index is 0. The molecule has 2 fully saturated rings. The highest BCUT2D eigenvalue weighted by molar-refractivity contribution is 14.0. The summed E-state index contributed by atoms with van der Waals surface area (Å²) in [5.41, 5.74) is 0.374. The van der Waals surface area contributed by atoms with E-state index in [1.165, 1.54) is 12.8 Å². The molecule has 0 aromatic carbocycles. The van der Waals surface area contributed by atoms with E-state index in [-0.39, 0.29) is 24.0 Å². The summed E-state index contributed by atoms with van der Waals surface area (Å²) in [7, 11) is 1.86. The lowest BCUT2D eigenvalue weighted by atomic mass is 9.87. The predicted molar refractivity (Wildman–Crippen MR) is 97.8 cm³/mol. The number of nitrogens with one attached hydrogen (secondary N) is 1. The maximum absolute atomic E-state index is 5.59. The molecule has 0 amide bonds. The van der Waals surface area contributed by atoms with Crippen LogP contribution in [-0.4, -0.2) is 60.3 Å². The van der Waals surface area contributed by atoms with Gasteiger partial charge in [0.25, 0.3) is 0 Å². The minimum atomic E-state index is 0. The average Bonchev–Trinajstić information content (AvgIpc) is 3.20. The number of likely N-dealkylation sites (tertiary alicyclic amines) is 1. The Bertz CT molecular complexity index is 510. The molecule has 1 atom stereocenters. The van der Waals surface area contributed by atoms with Crippen LogP contribution in [0, 0.1) is 12.3 Å². The van der Waals surface area contributed by atoms with E-state index in [1.807, 2.05) is 26.4 Å². The van der Waals surface area contributed by atoms with Gasteiger partial charge >= 0.3 is 0 Å². The number of aliphatic imine (C=N–C) groups is 1. The quantitative estimate of drug-likeness (QED) is 0.459. The number of hydrogen-bond donors (Lipinski definition) is 1. The molecule has 22 heavy (non-hydrogen) atoms. The topological polar surface area (TPSA) is 54.7 Å². The lowest BCUT2D eigenvalue weighted by Crippen LogP contribution is -2.42. The summed E-state index contributed by atoms with van der Waals surface area (Å²) in [4.78, 5) is 11.0. The lowest BCUT2D eigenvalue weighted by molar-refractivity contribution is 0.156. The van der Waals surface area contributed by atoms with Crippen LogP contribution < -0.4 is 5.32 Å². The molecule has 124 valence electrons. The van der Waals surface area contributed by atoms with Gasteiger partial charge in [-0.15, -0.1) is 24.0 Å². The molecule has 3 rings (SSSR count). The third kappa shape index (κ3) is 3.73. The van der Waals surface area contributed by atoms with Crippen LogP contribution in [-0.2, 0) is 11.3 Å². The van der Waals surface area contributed by atoms with E-state index < -0.39 is 0 Å². The highest BCUT2D eigenvalue weighted by Crippen LogP contribution is 2.38. The molecule has 6 nitrogen and oxygen atoms in total. The average molecular weight is 419 g/mol. The first-order chi connectivity index (χ1) is 10.2. The predicted octanol–water partition coefficient (Wildman–Crippen LogP) is 1.50. The van der Waals surface area contributed by atoms with Gasteiger partial charge in [-0.2, -0.15) is 0 Å². The first-order valence-corrected chi connectivity index (χ1v) is 7.74. The van der Waals surface area contributed by atoms with Crippen molar-refractivity contribution < 1.29 is 4.74 Å². The first-order valence-electron chi connectivity index (χ1n) is 7.74. The third-order valence-corrected chi connectivity index (χ3v) is 4.69. The molecule has 2 saturated heterocycles. The Labute approximate surface area is 149 Å². The highest BCUT2D eigenvalue weighted by Gasteiger charge is 2.42. The van der Waals surface area contributed by atoms with Gasteiger partial charge in [-0.05, 0) is 19.8 Å². The van der Waals surface area contributed by atoms with E-state index in [0.717, 1.165) is 51.2 Å². The van der Waals surface area contributed by atoms with Crippen LogP contribution >= 0.6 is 24.0 Å². The number of ether oxygens (including phenoxy) is 1. The van der Waals surface area contributed by atoms with Gasteiger partial charge in [0.2, 0.25) is 0 Å². The minimum Gasteiger partial charge on any atom is -0.381 e. The number of halogens is 1. The fourth-order valence-electron chi connectivity index (χ4n) is 3.35. The van der Waals surface area contributed by atoms with Gasteiger partial charge in [0.05, 0.1) is 6.61 Å². The zero-order chi connectivity index (χ0) is 14.7. The molecular formula is C15H26IN5O. The van der Waals surface area contributed by atoms with E-state index in [4.69, 9.17) is 4.74 Å². The number of rotatable bonds is 3. The normalized spacial score (nSPS) is 24.8. The van der Waals surface area contributed by atoms with Crippen molar-refractivity contribution in [1.82, 2.24) is 19.8 Å². The van der Waals surface area contributed by atoms with Gasteiger partial charge in [-0.25, -0.2) is 4.98 Å².